The van der Waals surface area contributed by atoms with Crippen LogP contribution in [0.5, 0.6) is 0 Å². The van der Waals surface area contributed by atoms with Gasteiger partial charge in [-0.2, -0.15) is 0 Å². The van der Waals surface area contributed by atoms with E-state index in [-0.39, 0.29) is 18.1 Å². The zero-order chi connectivity index (χ0) is 20.7. The fraction of sp³-hybridized carbons (Fsp3) is 0.478. The molecule has 1 aromatic heterocycles. The molecule has 3 fully saturated rings. The average Bonchev–Trinajstić information content (AvgIpc) is 3.13. The Bertz CT molecular complexity index is 937. The average molecular weight is 426 g/mol. The van der Waals surface area contributed by atoms with Crippen molar-refractivity contribution in [1.29, 1.82) is 0 Å². The molecule has 5 rings (SSSR count). The summed E-state index contributed by atoms with van der Waals surface area (Å²) in [5, 5.41) is 4.02. The van der Waals surface area contributed by atoms with Crippen LogP contribution in [-0.4, -0.2) is 41.1 Å². The highest BCUT2D eigenvalue weighted by atomic mass is 35.5. The van der Waals surface area contributed by atoms with Crippen LogP contribution in [-0.2, 0) is 6.42 Å². The van der Waals surface area contributed by atoms with Crippen LogP contribution in [0.4, 0.5) is 4.79 Å². The molecule has 2 aromatic rings. The number of amides is 2. The zero-order valence-electron chi connectivity index (χ0n) is 17.1. The number of halogens is 1. The maximum absolute atomic E-state index is 12.7. The second kappa shape index (κ2) is 8.17. The second-order valence-electron chi connectivity index (χ2n) is 8.88. The lowest BCUT2D eigenvalue weighted by Gasteiger charge is -2.45. The number of hydrogen-bond acceptors (Lipinski definition) is 4. The van der Waals surface area contributed by atoms with Gasteiger partial charge in [0, 0.05) is 42.1 Å². The van der Waals surface area contributed by atoms with Crippen molar-refractivity contribution in [3.8, 4) is 0 Å². The van der Waals surface area contributed by atoms with Gasteiger partial charge in [0.1, 0.15) is 0 Å². The summed E-state index contributed by atoms with van der Waals surface area (Å²) in [6, 6.07) is 13.1. The quantitative estimate of drug-likeness (QED) is 0.703. The standard InChI is InChI=1S/C23H28ClN5O/c1-14-9-16(5-7-25-14)22-19-11-17-13-29(8-6-15-3-2-4-18(24)10-15)23(30)26-20(17)12-21(19)27-28-22/h2-5,7,9-10,17,19-22,27-28H,6,8,11-13H2,1H3,(H,26,30). The molecule has 0 radical (unpaired) electrons. The van der Waals surface area contributed by atoms with Gasteiger partial charge in [0.15, 0.2) is 0 Å². The van der Waals surface area contributed by atoms with Crippen molar-refractivity contribution in [2.75, 3.05) is 13.1 Å². The Morgan fingerprint density at radius 1 is 1.17 bits per heavy atom. The Kier molecular flexibility index (Phi) is 5.39. The van der Waals surface area contributed by atoms with Crippen LogP contribution in [0.1, 0.15) is 35.7 Å². The molecule has 158 valence electrons. The van der Waals surface area contributed by atoms with Gasteiger partial charge in [0.25, 0.3) is 0 Å². The minimum absolute atomic E-state index is 0.0593. The largest absolute Gasteiger partial charge is 0.335 e. The summed E-state index contributed by atoms with van der Waals surface area (Å²) in [6.45, 7) is 3.57. The number of pyridine rings is 1. The molecule has 5 atom stereocenters. The predicted octanol–water partition coefficient (Wildman–Crippen LogP) is 3.22. The third kappa shape index (κ3) is 3.92. The predicted molar refractivity (Wildman–Crippen MR) is 117 cm³/mol. The molecular weight excluding hydrogens is 398 g/mol. The fourth-order valence-corrected chi connectivity index (χ4v) is 5.61. The van der Waals surface area contributed by atoms with Gasteiger partial charge in [-0.15, -0.1) is 0 Å². The Hall–Kier alpha value is -2.15. The number of carbonyl (C=O) groups excluding carboxylic acids is 1. The van der Waals surface area contributed by atoms with Crippen LogP contribution in [0.25, 0.3) is 0 Å². The summed E-state index contributed by atoms with van der Waals surface area (Å²) in [5.41, 5.74) is 10.5. The number of nitrogens with one attached hydrogen (secondary N) is 3. The molecule has 3 N–H and O–H groups in total. The van der Waals surface area contributed by atoms with E-state index >= 15 is 0 Å². The van der Waals surface area contributed by atoms with E-state index in [1.807, 2.05) is 36.2 Å². The normalized spacial score (nSPS) is 30.5. The molecule has 3 heterocycles. The minimum atomic E-state index is 0.0593. The number of hydrazine groups is 1. The SMILES string of the molecule is Cc1cc(C2NNC3CC4NC(=O)N(CCc5cccc(Cl)c5)CC4CC32)ccn1. The molecule has 0 spiro atoms. The van der Waals surface area contributed by atoms with E-state index in [1.54, 1.807) is 0 Å². The first-order chi connectivity index (χ1) is 14.6. The number of urea groups is 1. The zero-order valence-corrected chi connectivity index (χ0v) is 17.9. The van der Waals surface area contributed by atoms with E-state index in [0.29, 0.717) is 24.4 Å². The van der Waals surface area contributed by atoms with Crippen LogP contribution < -0.4 is 16.2 Å². The molecule has 3 aliphatic rings. The summed E-state index contributed by atoms with van der Waals surface area (Å²) >= 11 is 6.10. The van der Waals surface area contributed by atoms with Gasteiger partial charge < -0.3 is 10.2 Å². The van der Waals surface area contributed by atoms with Gasteiger partial charge in [-0.1, -0.05) is 23.7 Å². The van der Waals surface area contributed by atoms with Crippen molar-refractivity contribution < 1.29 is 4.79 Å². The molecule has 1 aromatic carbocycles. The molecule has 1 saturated carbocycles. The molecule has 30 heavy (non-hydrogen) atoms. The lowest BCUT2D eigenvalue weighted by atomic mass is 9.71. The first-order valence-corrected chi connectivity index (χ1v) is 11.2. The number of aromatic nitrogens is 1. The maximum atomic E-state index is 12.7. The van der Waals surface area contributed by atoms with E-state index in [9.17, 15) is 4.79 Å². The fourth-order valence-electron chi connectivity index (χ4n) is 5.39. The number of rotatable bonds is 4. The Labute approximate surface area is 182 Å². The number of carbonyl (C=O) groups is 1. The van der Waals surface area contributed by atoms with Crippen LogP contribution >= 0.6 is 11.6 Å². The maximum Gasteiger partial charge on any atom is 0.317 e. The van der Waals surface area contributed by atoms with Crippen molar-refractivity contribution in [1.82, 2.24) is 26.1 Å². The third-order valence-electron chi connectivity index (χ3n) is 6.91. The summed E-state index contributed by atoms with van der Waals surface area (Å²) in [4.78, 5) is 19.0. The van der Waals surface area contributed by atoms with Crippen LogP contribution in [0, 0.1) is 18.8 Å². The van der Waals surface area contributed by atoms with E-state index in [2.05, 4.69) is 39.4 Å². The number of aryl methyl sites for hydroxylation is 1. The topological polar surface area (TPSA) is 69.3 Å². The third-order valence-corrected chi connectivity index (χ3v) is 7.15. The van der Waals surface area contributed by atoms with E-state index < -0.39 is 0 Å². The first kappa shape index (κ1) is 19.8. The lowest BCUT2D eigenvalue weighted by Crippen LogP contribution is -2.61. The van der Waals surface area contributed by atoms with Gasteiger partial charge in [-0.05, 0) is 73.4 Å². The van der Waals surface area contributed by atoms with Crippen LogP contribution in [0.2, 0.25) is 5.02 Å². The first-order valence-electron chi connectivity index (χ1n) is 10.8. The smallest absolute Gasteiger partial charge is 0.317 e. The van der Waals surface area contributed by atoms with E-state index in [4.69, 9.17) is 11.6 Å². The van der Waals surface area contributed by atoms with Gasteiger partial charge in [-0.25, -0.2) is 10.2 Å². The van der Waals surface area contributed by atoms with Crippen molar-refractivity contribution in [3.05, 3.63) is 64.4 Å². The summed E-state index contributed by atoms with van der Waals surface area (Å²) in [5.74, 6) is 0.980. The summed E-state index contributed by atoms with van der Waals surface area (Å²) < 4.78 is 0. The highest BCUT2D eigenvalue weighted by Crippen LogP contribution is 2.41. The molecule has 5 unspecified atom stereocenters. The summed E-state index contributed by atoms with van der Waals surface area (Å²) in [6.07, 6.45) is 4.77. The molecule has 2 amide bonds. The van der Waals surface area contributed by atoms with Gasteiger partial charge in [0.05, 0.1) is 6.04 Å². The highest BCUT2D eigenvalue weighted by molar-refractivity contribution is 6.30. The van der Waals surface area contributed by atoms with Crippen molar-refractivity contribution in [3.63, 3.8) is 0 Å². The molecule has 1 aliphatic carbocycles. The lowest BCUT2D eigenvalue weighted by molar-refractivity contribution is 0.0995. The minimum Gasteiger partial charge on any atom is -0.335 e. The molecule has 6 nitrogen and oxygen atoms in total. The van der Waals surface area contributed by atoms with Crippen molar-refractivity contribution in [2.24, 2.45) is 11.8 Å². The van der Waals surface area contributed by atoms with Crippen LogP contribution in [0.3, 0.4) is 0 Å². The molecule has 0 bridgehead atoms. The summed E-state index contributed by atoms with van der Waals surface area (Å²) in [7, 11) is 0. The molecular formula is C23H28ClN5O. The van der Waals surface area contributed by atoms with Gasteiger partial charge in [0.2, 0.25) is 0 Å². The second-order valence-corrected chi connectivity index (χ2v) is 9.32. The van der Waals surface area contributed by atoms with Gasteiger partial charge >= 0.3 is 6.03 Å². The molecule has 7 heteroatoms. The number of fused-ring (bicyclic) bond motifs is 2. The Morgan fingerprint density at radius 3 is 2.90 bits per heavy atom. The van der Waals surface area contributed by atoms with Crippen molar-refractivity contribution in [2.45, 2.75) is 44.3 Å². The van der Waals surface area contributed by atoms with Crippen LogP contribution in [0.15, 0.2) is 42.6 Å². The number of hydrogen-bond donors (Lipinski definition) is 3. The monoisotopic (exact) mass is 425 g/mol. The van der Waals surface area contributed by atoms with Gasteiger partial charge in [-0.3, -0.25) is 10.4 Å². The molecule has 2 aliphatic heterocycles. The number of nitrogens with zero attached hydrogens (tertiary/aromatic N) is 2. The highest BCUT2D eigenvalue weighted by Gasteiger charge is 2.47. The van der Waals surface area contributed by atoms with E-state index in [0.717, 1.165) is 36.5 Å². The Balaban J connectivity index is 1.26. The van der Waals surface area contributed by atoms with E-state index in [1.165, 1.54) is 11.1 Å². The molecule has 2 saturated heterocycles. The Morgan fingerprint density at radius 2 is 2.07 bits per heavy atom. The van der Waals surface area contributed by atoms with Crippen molar-refractivity contribution >= 4 is 17.6 Å². The number of benzene rings is 1.